The van der Waals surface area contributed by atoms with E-state index in [2.05, 4.69) is 15.6 Å². The summed E-state index contributed by atoms with van der Waals surface area (Å²) in [7, 11) is 3.33. The summed E-state index contributed by atoms with van der Waals surface area (Å²) in [5, 5.41) is 6.42. The Morgan fingerprint density at radius 1 is 1.07 bits per heavy atom. The predicted molar refractivity (Wildman–Crippen MR) is 115 cm³/mol. The third kappa shape index (κ3) is 5.15. The molecule has 0 saturated heterocycles. The fraction of sp³-hybridized carbons (Fsp3) is 0.238. The summed E-state index contributed by atoms with van der Waals surface area (Å²) in [6, 6.07) is 10.2. The molecular formula is C21H21ClN4O4. The van der Waals surface area contributed by atoms with Crippen LogP contribution in [0, 0.1) is 0 Å². The fourth-order valence-electron chi connectivity index (χ4n) is 2.78. The zero-order chi connectivity index (χ0) is 21.7. The monoisotopic (exact) mass is 428 g/mol. The Labute approximate surface area is 178 Å². The fourth-order valence-corrected chi connectivity index (χ4v) is 2.89. The van der Waals surface area contributed by atoms with Gasteiger partial charge in [-0.25, -0.2) is 4.98 Å². The van der Waals surface area contributed by atoms with Gasteiger partial charge in [0.15, 0.2) is 0 Å². The van der Waals surface area contributed by atoms with Gasteiger partial charge in [-0.1, -0.05) is 23.7 Å². The lowest BCUT2D eigenvalue weighted by Crippen LogP contribution is -2.22. The van der Waals surface area contributed by atoms with Gasteiger partial charge in [0.2, 0.25) is 17.6 Å². The predicted octanol–water partition coefficient (Wildman–Crippen LogP) is 3.93. The van der Waals surface area contributed by atoms with Crippen LogP contribution < -0.4 is 10.6 Å². The molecule has 0 bridgehead atoms. The summed E-state index contributed by atoms with van der Waals surface area (Å²) in [6.45, 7) is 0. The highest BCUT2D eigenvalue weighted by atomic mass is 35.5. The zero-order valence-electron chi connectivity index (χ0n) is 16.6. The van der Waals surface area contributed by atoms with Crippen molar-refractivity contribution < 1.29 is 18.8 Å². The number of rotatable bonds is 7. The maximum absolute atomic E-state index is 12.8. The molecule has 0 saturated carbocycles. The van der Waals surface area contributed by atoms with Crippen LogP contribution in [-0.4, -0.2) is 41.7 Å². The van der Waals surface area contributed by atoms with E-state index in [-0.39, 0.29) is 36.1 Å². The Bertz CT molecular complexity index is 1080. The van der Waals surface area contributed by atoms with Crippen LogP contribution in [0.4, 0.5) is 11.5 Å². The lowest BCUT2D eigenvalue weighted by Gasteiger charge is -2.10. The average Bonchev–Trinajstić information content (AvgIpc) is 3.08. The Morgan fingerprint density at radius 3 is 2.53 bits per heavy atom. The normalized spacial score (nSPS) is 10.6. The molecule has 30 heavy (non-hydrogen) atoms. The topological polar surface area (TPSA) is 105 Å². The maximum atomic E-state index is 12.8. The molecule has 156 valence electrons. The van der Waals surface area contributed by atoms with Crippen molar-refractivity contribution in [3.63, 3.8) is 0 Å². The number of halogens is 1. The number of hydrogen-bond acceptors (Lipinski definition) is 5. The van der Waals surface area contributed by atoms with Gasteiger partial charge in [-0.3, -0.25) is 14.4 Å². The number of pyridine rings is 1. The largest absolute Gasteiger partial charge is 0.449 e. The number of benzene rings is 1. The van der Waals surface area contributed by atoms with Crippen LogP contribution in [0.25, 0.3) is 11.0 Å². The Hall–Kier alpha value is -3.39. The molecule has 3 rings (SSSR count). The van der Waals surface area contributed by atoms with Gasteiger partial charge in [-0.2, -0.15) is 0 Å². The second kappa shape index (κ2) is 9.41. The lowest BCUT2D eigenvalue weighted by molar-refractivity contribution is -0.128. The molecule has 3 amide bonds. The van der Waals surface area contributed by atoms with E-state index in [1.165, 1.54) is 11.1 Å². The number of para-hydroxylation sites is 1. The van der Waals surface area contributed by atoms with E-state index in [0.29, 0.717) is 28.2 Å². The number of amides is 3. The number of anilines is 2. The molecule has 0 spiro atoms. The van der Waals surface area contributed by atoms with Crippen molar-refractivity contribution in [2.45, 2.75) is 19.3 Å². The van der Waals surface area contributed by atoms with Crippen LogP contribution in [0.2, 0.25) is 5.02 Å². The maximum Gasteiger partial charge on any atom is 0.294 e. The molecule has 0 unspecified atom stereocenters. The minimum atomic E-state index is -0.556. The Balaban J connectivity index is 1.77. The first kappa shape index (κ1) is 21.3. The summed E-state index contributed by atoms with van der Waals surface area (Å²) in [5.41, 5.74) is 0.741. The molecule has 2 heterocycles. The molecule has 0 aliphatic carbocycles. The van der Waals surface area contributed by atoms with Crippen molar-refractivity contribution in [1.82, 2.24) is 9.88 Å². The van der Waals surface area contributed by atoms with Gasteiger partial charge < -0.3 is 20.0 Å². The zero-order valence-corrected chi connectivity index (χ0v) is 17.3. The summed E-state index contributed by atoms with van der Waals surface area (Å²) >= 11 is 5.81. The molecule has 0 atom stereocenters. The minimum absolute atomic E-state index is 0.0364. The van der Waals surface area contributed by atoms with Crippen molar-refractivity contribution in [1.29, 1.82) is 0 Å². The van der Waals surface area contributed by atoms with E-state index in [1.807, 2.05) is 0 Å². The van der Waals surface area contributed by atoms with Gasteiger partial charge >= 0.3 is 0 Å². The van der Waals surface area contributed by atoms with Crippen molar-refractivity contribution in [3.05, 3.63) is 53.4 Å². The highest BCUT2D eigenvalue weighted by Gasteiger charge is 2.22. The van der Waals surface area contributed by atoms with E-state index in [4.69, 9.17) is 16.0 Å². The third-order valence-corrected chi connectivity index (χ3v) is 4.55. The van der Waals surface area contributed by atoms with Crippen LogP contribution >= 0.6 is 11.6 Å². The number of nitrogens with zero attached hydrogens (tertiary/aromatic N) is 2. The number of aromatic nitrogens is 1. The first-order valence-corrected chi connectivity index (χ1v) is 9.67. The van der Waals surface area contributed by atoms with Crippen LogP contribution in [0.1, 0.15) is 29.8 Å². The molecule has 9 heteroatoms. The molecule has 8 nitrogen and oxygen atoms in total. The second-order valence-electron chi connectivity index (χ2n) is 6.81. The van der Waals surface area contributed by atoms with Gasteiger partial charge in [0.1, 0.15) is 17.1 Å². The van der Waals surface area contributed by atoms with E-state index in [1.54, 1.807) is 50.5 Å². The third-order valence-electron chi connectivity index (χ3n) is 4.33. The van der Waals surface area contributed by atoms with Gasteiger partial charge in [-0.05, 0) is 30.7 Å². The number of carbonyl (C=O) groups is 3. The van der Waals surface area contributed by atoms with Crippen molar-refractivity contribution >= 4 is 51.8 Å². The molecule has 2 N–H and O–H groups in total. The lowest BCUT2D eigenvalue weighted by atomic mass is 10.2. The molecule has 0 radical (unpaired) electrons. The van der Waals surface area contributed by atoms with Crippen LogP contribution in [0.3, 0.4) is 0 Å². The van der Waals surface area contributed by atoms with Gasteiger partial charge in [0.05, 0.1) is 5.02 Å². The molecule has 1 aromatic carbocycles. The second-order valence-corrected chi connectivity index (χ2v) is 7.24. The van der Waals surface area contributed by atoms with E-state index >= 15 is 0 Å². The minimum Gasteiger partial charge on any atom is -0.449 e. The van der Waals surface area contributed by atoms with E-state index < -0.39 is 5.91 Å². The standard InChI is InChI=1S/C21H21ClN4O4/c1-26(2)18(28)9-5-8-17(27)25-19-14-6-3-4-7-15(14)30-20(19)21(29)24-16-11-10-13(22)12-23-16/h3-4,6-7,10-12H,5,8-9H2,1-2H3,(H,25,27)(H,23,24,29). The van der Waals surface area contributed by atoms with Crippen LogP contribution in [0.5, 0.6) is 0 Å². The van der Waals surface area contributed by atoms with E-state index in [9.17, 15) is 14.4 Å². The van der Waals surface area contributed by atoms with Crippen LogP contribution in [-0.2, 0) is 9.59 Å². The summed E-state index contributed by atoms with van der Waals surface area (Å²) < 4.78 is 5.69. The number of fused-ring (bicyclic) bond motifs is 1. The van der Waals surface area contributed by atoms with Gasteiger partial charge in [0.25, 0.3) is 5.91 Å². The quantitative estimate of drug-likeness (QED) is 0.593. The number of hydrogen-bond donors (Lipinski definition) is 2. The highest BCUT2D eigenvalue weighted by molar-refractivity contribution is 6.30. The van der Waals surface area contributed by atoms with Crippen LogP contribution in [0.15, 0.2) is 47.0 Å². The molecule has 3 aromatic rings. The SMILES string of the molecule is CN(C)C(=O)CCCC(=O)Nc1c(C(=O)Nc2ccc(Cl)cn2)oc2ccccc12. The average molecular weight is 429 g/mol. The number of carbonyl (C=O) groups excluding carboxylic acids is 3. The Kier molecular flexibility index (Phi) is 6.68. The molecule has 0 aliphatic rings. The summed E-state index contributed by atoms with van der Waals surface area (Å²) in [6.07, 6.45) is 2.21. The molecule has 0 aliphatic heterocycles. The first-order chi connectivity index (χ1) is 14.3. The van der Waals surface area contributed by atoms with Gasteiger partial charge in [0, 0.05) is 38.5 Å². The van der Waals surface area contributed by atoms with Gasteiger partial charge in [-0.15, -0.1) is 0 Å². The smallest absolute Gasteiger partial charge is 0.294 e. The van der Waals surface area contributed by atoms with Crippen molar-refractivity contribution in [3.8, 4) is 0 Å². The Morgan fingerprint density at radius 2 is 1.83 bits per heavy atom. The molecule has 2 aromatic heterocycles. The highest BCUT2D eigenvalue weighted by Crippen LogP contribution is 2.31. The summed E-state index contributed by atoms with van der Waals surface area (Å²) in [4.78, 5) is 42.4. The first-order valence-electron chi connectivity index (χ1n) is 9.29. The number of nitrogens with one attached hydrogen (secondary N) is 2. The van der Waals surface area contributed by atoms with E-state index in [0.717, 1.165) is 0 Å². The number of furan rings is 1. The van der Waals surface area contributed by atoms with Crippen molar-refractivity contribution in [2.75, 3.05) is 24.7 Å². The molecule has 0 fully saturated rings. The molecular weight excluding hydrogens is 408 g/mol. The van der Waals surface area contributed by atoms with Crippen molar-refractivity contribution in [2.24, 2.45) is 0 Å². The summed E-state index contributed by atoms with van der Waals surface area (Å²) in [5.74, 6) is -0.659.